The molecule has 25 heteroatoms. The number of H-pyrrole nitrogens is 1. The molecule has 1 fully saturated rings. The van der Waals surface area contributed by atoms with Gasteiger partial charge in [-0.3, -0.25) is 43.2 Å². The minimum absolute atomic E-state index is 0. The number of Topliss-reactive ketones (excluding diaryl/α,β-unsaturated/α-hetero) is 2. The number of nitrogens with zero attached hydrogens (tertiary/aromatic N) is 1. The molecule has 0 aliphatic carbocycles. The van der Waals surface area contributed by atoms with Crippen molar-refractivity contribution in [3.05, 3.63) is 23.8 Å². The number of ketones is 2. The van der Waals surface area contributed by atoms with Gasteiger partial charge in [-0.15, -0.1) is 0 Å². The number of amides is 7. The Bertz CT molecular complexity index is 2260. The summed E-state index contributed by atoms with van der Waals surface area (Å²) in [6, 6.07) is -0.307. The quantitative estimate of drug-likeness (QED) is 0.0374. The van der Waals surface area contributed by atoms with E-state index in [2.05, 4.69) is 36.4 Å². The zero-order valence-corrected chi connectivity index (χ0v) is 41.7. The Labute approximate surface area is 420 Å². The van der Waals surface area contributed by atoms with E-state index in [0.717, 1.165) is 30.6 Å². The highest BCUT2D eigenvalue weighted by Gasteiger charge is 2.45. The van der Waals surface area contributed by atoms with Crippen molar-refractivity contribution in [2.45, 2.75) is 126 Å². The number of nitrogens with one attached hydrogen (secondary N) is 6. The first kappa shape index (κ1) is 58.9. The number of rotatable bonds is 15. The van der Waals surface area contributed by atoms with Crippen molar-refractivity contribution in [2.75, 3.05) is 45.2 Å². The SMILES string of the molecule is CC[C@H](C)[C@@H]1NC(=O)CNC(=O)[C@@H]2CC(=O)[C@H]([C@@H](C)[C@@H](O)CO)NC(=O)[C@@H]3C[C@@H](O)CN3C(=O)[C@H](CC(N)=O)CC(=O)[C@H](C[SH+]c3[nH]c4cc(OCCCCCCON)ccc4c3C2)NC(=O)CNC1=O.[OH-]. The van der Waals surface area contributed by atoms with Gasteiger partial charge in [0.1, 0.15) is 29.6 Å². The molecule has 1 aromatic carbocycles. The summed E-state index contributed by atoms with van der Waals surface area (Å²) in [6.07, 6.45) is -1.51. The minimum atomic E-state index is -1.58. The fraction of sp³-hybridized carbons (Fsp3) is 0.638. The van der Waals surface area contributed by atoms with Gasteiger partial charge >= 0.3 is 0 Å². The Morgan fingerprint density at radius 3 is 2.22 bits per heavy atom. The number of nitrogens with two attached hydrogens (primary N) is 2. The lowest BCUT2D eigenvalue weighted by atomic mass is 9.85. The Balaban J connectivity index is 0.0000112. The normalized spacial score (nSPS) is 25.7. The predicted molar refractivity (Wildman–Crippen MR) is 260 cm³/mol. The number of aromatic nitrogens is 1. The predicted octanol–water partition coefficient (Wildman–Crippen LogP) is -2.73. The van der Waals surface area contributed by atoms with Crippen LogP contribution in [0.1, 0.15) is 84.1 Å². The monoisotopic (exact) mass is 1030 g/mol. The molecule has 0 saturated carbocycles. The molecule has 3 aliphatic rings. The number of fused-ring (bicyclic) bond motifs is 5. The second-order valence-corrected chi connectivity index (χ2v) is 19.8. The largest absolute Gasteiger partial charge is 0.870 e. The number of ether oxygens (including phenoxy) is 1. The number of thiol groups is 1. The third-order valence-corrected chi connectivity index (χ3v) is 14.7. The maximum absolute atomic E-state index is 14.7. The molecule has 5 rings (SSSR count). The number of unbranched alkanes of at least 4 members (excludes halogenated alkanes) is 3. The van der Waals surface area contributed by atoms with Crippen LogP contribution in [0.25, 0.3) is 10.9 Å². The molecule has 0 radical (unpaired) electrons. The van der Waals surface area contributed by atoms with E-state index in [-0.39, 0.29) is 24.1 Å². The fourth-order valence-electron chi connectivity index (χ4n) is 9.09. The maximum atomic E-state index is 14.7. The van der Waals surface area contributed by atoms with Crippen molar-refractivity contribution in [3.8, 4) is 5.75 Å². The summed E-state index contributed by atoms with van der Waals surface area (Å²) in [5.74, 6) is -6.22. The number of hydrogen-bond acceptors (Lipinski definition) is 16. The van der Waals surface area contributed by atoms with Gasteiger partial charge in [-0.2, -0.15) is 0 Å². The molecule has 72 heavy (non-hydrogen) atoms. The van der Waals surface area contributed by atoms with Gasteiger partial charge in [0.25, 0.3) is 0 Å². The van der Waals surface area contributed by atoms with Crippen LogP contribution in [0.5, 0.6) is 5.75 Å². The van der Waals surface area contributed by atoms with E-state index in [9.17, 15) is 58.5 Å². The van der Waals surface area contributed by atoms with E-state index < -0.39 is 158 Å². The van der Waals surface area contributed by atoms with Gasteiger partial charge in [0, 0.05) is 72.8 Å². The topological polar surface area (TPSA) is 394 Å². The third-order valence-electron chi connectivity index (χ3n) is 13.4. The third kappa shape index (κ3) is 15.9. The standard InChI is InChI=1S/C47H69N9O14S.H2O/c1-4-24(2)41-45(67)51-19-39(63)52-33-23-71-46-31(30-10-9-29(18-32(30)53-46)69-11-7-5-6-8-12-70-49)13-26(43(65)50-20-40(64)54-41)14-36(60)42(25(3)37(61)22-57)55-44(66)34-17-28(58)21-56(34)47(68)27(15-35(33)59)16-38(48)62;/h9-10,18,24-28,33-34,37,41-42,53,57-58,61H,4-8,11-17,19-23,49H2,1-3H3,(H2,48,62)(H,50,65)(H,51,67)(H,52,63)(H,54,64)(H,55,66);1H2/t24-,25-,26-,27-,28+,33-,34-,37-,41-,42-;/m0./s1. The molecule has 7 amide bonds. The van der Waals surface area contributed by atoms with Crippen LogP contribution in [0.3, 0.4) is 0 Å². The van der Waals surface area contributed by atoms with E-state index in [1.54, 1.807) is 32.0 Å². The first-order chi connectivity index (χ1) is 33.8. The van der Waals surface area contributed by atoms with Crippen molar-refractivity contribution in [3.63, 3.8) is 0 Å². The highest BCUT2D eigenvalue weighted by atomic mass is 32.2. The Kier molecular flexibility index (Phi) is 22.8. The van der Waals surface area contributed by atoms with Gasteiger partial charge in [0.15, 0.2) is 11.6 Å². The zero-order chi connectivity index (χ0) is 51.9. The summed E-state index contributed by atoms with van der Waals surface area (Å²) in [5, 5.41) is 45.8. The summed E-state index contributed by atoms with van der Waals surface area (Å²) >= 11 is 0.368. The van der Waals surface area contributed by atoms with Crippen molar-refractivity contribution < 1.29 is 73.5 Å². The fourth-order valence-corrected chi connectivity index (χ4v) is 10.3. The van der Waals surface area contributed by atoms with Gasteiger partial charge < -0.3 is 72.6 Å². The van der Waals surface area contributed by atoms with E-state index >= 15 is 0 Å². The molecule has 1 saturated heterocycles. The first-order valence-corrected chi connectivity index (χ1v) is 25.3. The van der Waals surface area contributed by atoms with Crippen molar-refractivity contribution >= 4 is 75.6 Å². The average molecular weight is 1030 g/mol. The van der Waals surface area contributed by atoms with Crippen LogP contribution in [-0.2, 0) is 66.2 Å². The number of benzene rings is 1. The van der Waals surface area contributed by atoms with Crippen LogP contribution >= 0.6 is 0 Å². The summed E-state index contributed by atoms with van der Waals surface area (Å²) in [7, 11) is 0. The van der Waals surface area contributed by atoms with Gasteiger partial charge in [-0.25, -0.2) is 5.90 Å². The molecule has 24 nitrogen and oxygen atoms in total. The van der Waals surface area contributed by atoms with Crippen LogP contribution in [-0.4, -0.2) is 165 Å². The average Bonchev–Trinajstić information content (AvgIpc) is 3.91. The van der Waals surface area contributed by atoms with Gasteiger partial charge in [-0.1, -0.05) is 33.6 Å². The second-order valence-electron chi connectivity index (χ2n) is 18.7. The first-order valence-electron chi connectivity index (χ1n) is 24.2. The van der Waals surface area contributed by atoms with E-state index in [1.165, 1.54) is 6.92 Å². The van der Waals surface area contributed by atoms with Crippen molar-refractivity contribution in [1.82, 2.24) is 36.5 Å². The highest BCUT2D eigenvalue weighted by molar-refractivity contribution is 7.78. The van der Waals surface area contributed by atoms with Crippen LogP contribution < -0.4 is 43.0 Å². The Morgan fingerprint density at radius 2 is 1.56 bits per heavy atom. The van der Waals surface area contributed by atoms with E-state index in [0.29, 0.717) is 58.6 Å². The number of carbonyl (C=O) groups excluding carboxylic acids is 9. The maximum Gasteiger partial charge on any atom is 0.243 e. The number of carbonyl (C=O) groups is 9. The van der Waals surface area contributed by atoms with E-state index in [1.807, 2.05) is 0 Å². The molecule has 2 aromatic rings. The minimum Gasteiger partial charge on any atom is -0.870 e. The number of hydrogen-bond donors (Lipinski definition) is 11. The lowest BCUT2D eigenvalue weighted by molar-refractivity contribution is -0.145. The molecule has 10 atom stereocenters. The Hall–Kier alpha value is -5.70. The highest BCUT2D eigenvalue weighted by Crippen LogP contribution is 2.32. The summed E-state index contributed by atoms with van der Waals surface area (Å²) in [6.45, 7) is 3.26. The van der Waals surface area contributed by atoms with Gasteiger partial charge in [-0.05, 0) is 43.7 Å². The molecule has 0 unspecified atom stereocenters. The lowest BCUT2D eigenvalue weighted by Crippen LogP contribution is -2.56. The lowest BCUT2D eigenvalue weighted by Gasteiger charge is -2.32. The molecule has 3 aliphatic heterocycles. The number of aliphatic hydroxyl groups excluding tert-OH is 3. The number of aliphatic hydroxyl groups is 3. The molecule has 0 spiro atoms. The summed E-state index contributed by atoms with van der Waals surface area (Å²) in [4.78, 5) is 135. The zero-order valence-electron chi connectivity index (χ0n) is 40.9. The van der Waals surface area contributed by atoms with Gasteiger partial charge in [0.05, 0.1) is 62.6 Å². The molecule has 14 N–H and O–H groups in total. The van der Waals surface area contributed by atoms with Gasteiger partial charge in [0.2, 0.25) is 46.4 Å². The summed E-state index contributed by atoms with van der Waals surface area (Å²) < 4.78 is 6.08. The number of aromatic amines is 1. The van der Waals surface area contributed by atoms with Crippen LogP contribution in [0.2, 0.25) is 0 Å². The Morgan fingerprint density at radius 1 is 0.875 bits per heavy atom. The van der Waals surface area contributed by atoms with Crippen molar-refractivity contribution in [1.29, 1.82) is 0 Å². The van der Waals surface area contributed by atoms with E-state index in [4.69, 9.17) is 16.4 Å². The smallest absolute Gasteiger partial charge is 0.243 e. The van der Waals surface area contributed by atoms with Crippen LogP contribution in [0.15, 0.2) is 23.2 Å². The van der Waals surface area contributed by atoms with Crippen LogP contribution in [0, 0.1) is 23.7 Å². The molecule has 1 aromatic heterocycles. The molecule has 2 bridgehead atoms. The second kappa shape index (κ2) is 27.9. The number of primary amides is 1. The van der Waals surface area contributed by atoms with Crippen LogP contribution in [0.4, 0.5) is 0 Å². The molecular weight excluding hydrogens is 963 g/mol. The van der Waals surface area contributed by atoms with Crippen molar-refractivity contribution in [2.24, 2.45) is 35.3 Å². The molecular formula is C47H71N9O15S. The molecule has 400 valence electrons. The summed E-state index contributed by atoms with van der Waals surface area (Å²) in [5.41, 5.74) is 6.67. The molecule has 4 heterocycles.